The number of nitroso groups, excluding NO2 is 1. The molecule has 3 aromatic carbocycles. The minimum Gasteiger partial charge on any atom is -0.483 e. The van der Waals surface area contributed by atoms with E-state index in [0.717, 1.165) is 44.2 Å². The van der Waals surface area contributed by atoms with Crippen molar-refractivity contribution in [2.24, 2.45) is 10.6 Å². The number of hydrogen-bond donors (Lipinski definition) is 2. The van der Waals surface area contributed by atoms with E-state index in [-0.39, 0.29) is 23.0 Å². The van der Waals surface area contributed by atoms with Crippen molar-refractivity contribution in [3.63, 3.8) is 0 Å². The number of sulfone groups is 1. The van der Waals surface area contributed by atoms with Gasteiger partial charge in [0.1, 0.15) is 17.8 Å². The molecule has 0 radical (unpaired) electrons. The molecule has 14 heteroatoms. The molecule has 3 amide bonds. The molecule has 3 aromatic rings. The Hall–Kier alpha value is -4.27. The van der Waals surface area contributed by atoms with Crippen LogP contribution in [0.1, 0.15) is 64.0 Å². The molecule has 0 saturated heterocycles. The Balaban J connectivity index is 1.67. The van der Waals surface area contributed by atoms with Gasteiger partial charge in [0.2, 0.25) is 5.91 Å². The second-order valence-electron chi connectivity index (χ2n) is 13.0. The van der Waals surface area contributed by atoms with Gasteiger partial charge in [0.15, 0.2) is 16.4 Å². The summed E-state index contributed by atoms with van der Waals surface area (Å²) in [5.41, 5.74) is 1.39. The van der Waals surface area contributed by atoms with E-state index in [1.54, 1.807) is 30.3 Å². The molecule has 1 aliphatic rings. The van der Waals surface area contributed by atoms with Crippen LogP contribution in [0.2, 0.25) is 0 Å². The predicted octanol–water partition coefficient (Wildman–Crippen LogP) is 6.36. The molecule has 0 spiro atoms. The van der Waals surface area contributed by atoms with Gasteiger partial charge in [0, 0.05) is 36.0 Å². The maximum Gasteiger partial charge on any atom is 0.310 e. The van der Waals surface area contributed by atoms with Crippen LogP contribution in [-0.2, 0) is 29.0 Å². The van der Waals surface area contributed by atoms with Crippen molar-refractivity contribution in [2.75, 3.05) is 43.8 Å². The number of carbonyl (C=O) groups is 3. The predicted molar refractivity (Wildman–Crippen MR) is 203 cm³/mol. The largest absolute Gasteiger partial charge is 0.483 e. The summed E-state index contributed by atoms with van der Waals surface area (Å²) in [6.07, 6.45) is 7.15. The Labute approximate surface area is 310 Å². The number of thioether (sulfide) groups is 1. The summed E-state index contributed by atoms with van der Waals surface area (Å²) in [6, 6.07) is 18.9. The van der Waals surface area contributed by atoms with Gasteiger partial charge in [-0.15, -0.1) is 16.7 Å². The summed E-state index contributed by atoms with van der Waals surface area (Å²) < 4.78 is 39.8. The molecular weight excluding hydrogens is 705 g/mol. The van der Waals surface area contributed by atoms with Crippen molar-refractivity contribution in [1.29, 1.82) is 0 Å². The molecule has 0 bridgehead atoms. The number of amides is 3. The highest BCUT2D eigenvalue weighted by Crippen LogP contribution is 2.47. The van der Waals surface area contributed by atoms with Crippen LogP contribution < -0.4 is 20.3 Å². The third-order valence-electron chi connectivity index (χ3n) is 9.15. The first-order valence-electron chi connectivity index (χ1n) is 17.4. The molecule has 4 rings (SSSR count). The summed E-state index contributed by atoms with van der Waals surface area (Å²) in [5, 5.41) is 7.46. The molecule has 12 nitrogen and oxygen atoms in total. The smallest absolute Gasteiger partial charge is 0.310 e. The number of nitrogens with zero attached hydrogens (tertiary/aromatic N) is 2. The SMILES string of the molecule is CCCCC1(CCCC)CN(c2ccccc2)c2cc(SC)c(OCC(=O)NC(C(=O)NC(COC)C(=O)N=O)c3ccccc3)cc2S(=O)(=O)C1. The second kappa shape index (κ2) is 19.0. The lowest BCUT2D eigenvalue weighted by atomic mass is 9.79. The number of unbranched alkanes of at least 4 members (excludes halogenated alkanes) is 2. The summed E-state index contributed by atoms with van der Waals surface area (Å²) in [6.45, 7) is 3.94. The normalized spacial score (nSPS) is 15.7. The number of anilines is 2. The average Bonchev–Trinajstić information content (AvgIpc) is 3.25. The van der Waals surface area contributed by atoms with Crippen molar-refractivity contribution < 1.29 is 32.3 Å². The maximum atomic E-state index is 14.4. The van der Waals surface area contributed by atoms with Crippen molar-refractivity contribution >= 4 is 50.7 Å². The monoisotopic (exact) mass is 752 g/mol. The molecule has 2 N–H and O–H groups in total. The molecule has 280 valence electrons. The van der Waals surface area contributed by atoms with Crippen LogP contribution in [0, 0.1) is 10.3 Å². The van der Waals surface area contributed by atoms with Gasteiger partial charge in [-0.1, -0.05) is 88.1 Å². The van der Waals surface area contributed by atoms with Crippen molar-refractivity contribution in [2.45, 2.75) is 74.2 Å². The third-order valence-corrected chi connectivity index (χ3v) is 11.9. The number of nitrogens with one attached hydrogen (secondary N) is 2. The van der Waals surface area contributed by atoms with Crippen LogP contribution in [-0.4, -0.2) is 71.1 Å². The fourth-order valence-corrected chi connectivity index (χ4v) is 9.20. The molecule has 2 unspecified atom stereocenters. The number of carbonyl (C=O) groups excluding carboxylic acids is 3. The highest BCUT2D eigenvalue weighted by atomic mass is 32.2. The molecule has 0 saturated carbocycles. The highest BCUT2D eigenvalue weighted by molar-refractivity contribution is 7.98. The summed E-state index contributed by atoms with van der Waals surface area (Å²) in [5.74, 6) is -2.36. The average molecular weight is 753 g/mol. The fourth-order valence-electron chi connectivity index (χ4n) is 6.53. The lowest BCUT2D eigenvalue weighted by Crippen LogP contribution is -2.49. The third kappa shape index (κ3) is 10.2. The van der Waals surface area contributed by atoms with E-state index in [1.807, 2.05) is 42.7 Å². The minimum atomic E-state index is -3.82. The molecule has 1 aliphatic heterocycles. The zero-order chi connectivity index (χ0) is 37.7. The summed E-state index contributed by atoms with van der Waals surface area (Å²) in [4.78, 5) is 52.6. The Morgan fingerprint density at radius 3 is 2.17 bits per heavy atom. The van der Waals surface area contributed by atoms with Gasteiger partial charge in [-0.3, -0.25) is 14.4 Å². The standard InChI is InChI=1S/C38H48N4O8S2/c1-5-7-19-38(20-8-6-2)25-42(28-17-13-10-14-18-28)30-21-32(51-4)31(22-33(30)52(47,48)26-38)50-24-34(43)40-35(27-15-11-9-12-16-27)37(45)39-29(23-49-3)36(44)41-46/h9-18,21-22,29,35H,5-8,19-20,23-26H2,1-4H3,(H,39,45)(H,40,43). The second-order valence-corrected chi connectivity index (χ2v) is 15.8. The van der Waals surface area contributed by atoms with Crippen molar-refractivity contribution in [3.8, 4) is 5.75 Å². The van der Waals surface area contributed by atoms with E-state index in [9.17, 15) is 27.7 Å². The minimum absolute atomic E-state index is 0.00503. The Bertz CT molecular complexity index is 1780. The molecule has 0 fully saturated rings. The maximum absolute atomic E-state index is 14.4. The molecule has 52 heavy (non-hydrogen) atoms. The van der Waals surface area contributed by atoms with Crippen LogP contribution >= 0.6 is 11.8 Å². The number of hydrogen-bond acceptors (Lipinski definition) is 10. The van der Waals surface area contributed by atoms with Gasteiger partial charge in [-0.05, 0) is 42.9 Å². The van der Waals surface area contributed by atoms with Crippen molar-refractivity contribution in [1.82, 2.24) is 10.6 Å². The van der Waals surface area contributed by atoms with Gasteiger partial charge < -0.3 is 25.0 Å². The van der Waals surface area contributed by atoms with E-state index in [1.165, 1.54) is 24.9 Å². The first-order valence-corrected chi connectivity index (χ1v) is 20.3. The van der Waals surface area contributed by atoms with Crippen LogP contribution in [0.3, 0.4) is 0 Å². The number of ether oxygens (including phenoxy) is 2. The summed E-state index contributed by atoms with van der Waals surface area (Å²) in [7, 11) is -2.52. The van der Waals surface area contributed by atoms with E-state index < -0.39 is 51.7 Å². The lowest BCUT2D eigenvalue weighted by Gasteiger charge is -2.37. The molecular formula is C38H48N4O8S2. The van der Waals surface area contributed by atoms with Gasteiger partial charge in [-0.25, -0.2) is 8.42 Å². The molecule has 2 atom stereocenters. The van der Waals surface area contributed by atoms with Gasteiger partial charge in [0.25, 0.3) is 5.91 Å². The lowest BCUT2D eigenvalue weighted by molar-refractivity contribution is -0.132. The Morgan fingerprint density at radius 1 is 0.962 bits per heavy atom. The molecule has 0 aliphatic carbocycles. The van der Waals surface area contributed by atoms with Crippen LogP contribution in [0.4, 0.5) is 11.4 Å². The number of benzene rings is 3. The topological polar surface area (TPSA) is 161 Å². The highest BCUT2D eigenvalue weighted by Gasteiger charge is 2.42. The molecule has 0 aromatic heterocycles. The Kier molecular flexibility index (Phi) is 14.8. The number of para-hydroxylation sites is 1. The van der Waals surface area contributed by atoms with Crippen molar-refractivity contribution in [3.05, 3.63) is 83.3 Å². The fraction of sp³-hybridized carbons (Fsp3) is 0.447. The molecule has 1 heterocycles. The van der Waals surface area contributed by atoms with E-state index in [0.29, 0.717) is 22.7 Å². The van der Waals surface area contributed by atoms with Crippen LogP contribution in [0.15, 0.2) is 87.8 Å². The Morgan fingerprint density at radius 2 is 1.60 bits per heavy atom. The van der Waals surface area contributed by atoms with Crippen LogP contribution in [0.25, 0.3) is 0 Å². The first kappa shape index (κ1) is 40.5. The number of rotatable bonds is 18. The van der Waals surface area contributed by atoms with Gasteiger partial charge in [-0.2, -0.15) is 0 Å². The zero-order valence-electron chi connectivity index (χ0n) is 30.1. The number of methoxy groups -OCH3 is 1. The zero-order valence-corrected chi connectivity index (χ0v) is 31.8. The van der Waals surface area contributed by atoms with E-state index in [4.69, 9.17) is 9.47 Å². The first-order chi connectivity index (χ1) is 25.0. The van der Waals surface area contributed by atoms with E-state index >= 15 is 0 Å². The van der Waals surface area contributed by atoms with Crippen LogP contribution in [0.5, 0.6) is 5.75 Å². The number of fused-ring (bicyclic) bond motifs is 1. The quantitative estimate of drug-likeness (QED) is 0.111. The van der Waals surface area contributed by atoms with Gasteiger partial charge >= 0.3 is 5.91 Å². The van der Waals surface area contributed by atoms with Gasteiger partial charge in [0.05, 0.1) is 27.8 Å². The summed E-state index contributed by atoms with van der Waals surface area (Å²) >= 11 is 1.36. The van der Waals surface area contributed by atoms with E-state index in [2.05, 4.69) is 34.6 Å².